The van der Waals surface area contributed by atoms with E-state index in [1.54, 1.807) is 23.1 Å². The molecule has 0 bridgehead atoms. The van der Waals surface area contributed by atoms with E-state index in [1.165, 1.54) is 5.56 Å². The van der Waals surface area contributed by atoms with Crippen LogP contribution < -0.4 is 0 Å². The SMILES string of the molecule is Cc1nc(-c2ccc(Cl)cc2)sc1-c1ccnc(SCc2ccccc2)n1. The number of rotatable bonds is 5. The molecule has 0 atom stereocenters. The van der Waals surface area contributed by atoms with E-state index in [2.05, 4.69) is 17.1 Å². The lowest BCUT2D eigenvalue weighted by Crippen LogP contribution is -1.90. The summed E-state index contributed by atoms with van der Waals surface area (Å²) >= 11 is 9.27. The highest BCUT2D eigenvalue weighted by atomic mass is 35.5. The van der Waals surface area contributed by atoms with E-state index in [4.69, 9.17) is 21.6 Å². The van der Waals surface area contributed by atoms with E-state index < -0.39 is 0 Å². The number of halogens is 1. The molecule has 0 radical (unpaired) electrons. The van der Waals surface area contributed by atoms with Gasteiger partial charge in [0.15, 0.2) is 5.16 Å². The number of hydrogen-bond donors (Lipinski definition) is 0. The first kappa shape index (κ1) is 18.2. The van der Waals surface area contributed by atoms with Crippen LogP contribution in [0.3, 0.4) is 0 Å². The van der Waals surface area contributed by atoms with Gasteiger partial charge in [0.2, 0.25) is 0 Å². The summed E-state index contributed by atoms with van der Waals surface area (Å²) in [5, 5.41) is 2.47. The van der Waals surface area contributed by atoms with Crippen LogP contribution >= 0.6 is 34.7 Å². The molecule has 0 aliphatic rings. The van der Waals surface area contributed by atoms with Gasteiger partial charge in [-0.25, -0.2) is 15.0 Å². The molecule has 4 aromatic rings. The molecule has 0 aliphatic carbocycles. The van der Waals surface area contributed by atoms with Gasteiger partial charge in [-0.05, 0) is 30.7 Å². The van der Waals surface area contributed by atoms with Gasteiger partial charge in [-0.1, -0.05) is 65.8 Å². The second-order valence-corrected chi connectivity index (χ2v) is 8.32. The molecule has 2 aromatic heterocycles. The zero-order valence-electron chi connectivity index (χ0n) is 14.6. The molecule has 0 aliphatic heterocycles. The summed E-state index contributed by atoms with van der Waals surface area (Å²) in [6, 6.07) is 20.0. The number of thioether (sulfide) groups is 1. The Labute approximate surface area is 171 Å². The molecular formula is C21H16ClN3S2. The largest absolute Gasteiger partial charge is 0.241 e. The number of thiazole rings is 1. The Morgan fingerprint density at radius 2 is 1.74 bits per heavy atom. The number of hydrogen-bond acceptors (Lipinski definition) is 5. The first-order chi connectivity index (χ1) is 13.2. The molecule has 0 fully saturated rings. The molecular weight excluding hydrogens is 394 g/mol. The van der Waals surface area contributed by atoms with Crippen molar-refractivity contribution in [3.8, 4) is 21.1 Å². The van der Waals surface area contributed by atoms with Crippen LogP contribution in [0.1, 0.15) is 11.3 Å². The van der Waals surface area contributed by atoms with Gasteiger partial charge in [-0.2, -0.15) is 0 Å². The van der Waals surface area contributed by atoms with E-state index in [0.29, 0.717) is 0 Å². The van der Waals surface area contributed by atoms with Crippen molar-refractivity contribution in [2.24, 2.45) is 0 Å². The van der Waals surface area contributed by atoms with Crippen molar-refractivity contribution in [1.82, 2.24) is 15.0 Å². The summed E-state index contributed by atoms with van der Waals surface area (Å²) in [5.74, 6) is 0.849. The number of aromatic nitrogens is 3. The highest BCUT2D eigenvalue weighted by molar-refractivity contribution is 7.98. The molecule has 0 spiro atoms. The minimum absolute atomic E-state index is 0.725. The fourth-order valence-corrected chi connectivity index (χ4v) is 4.56. The number of aryl methyl sites for hydroxylation is 1. The van der Waals surface area contributed by atoms with Gasteiger partial charge in [0.05, 0.1) is 16.3 Å². The Morgan fingerprint density at radius 1 is 0.963 bits per heavy atom. The van der Waals surface area contributed by atoms with Crippen molar-refractivity contribution in [3.63, 3.8) is 0 Å². The van der Waals surface area contributed by atoms with E-state index in [9.17, 15) is 0 Å². The van der Waals surface area contributed by atoms with Crippen LogP contribution in [0.2, 0.25) is 5.02 Å². The molecule has 0 saturated heterocycles. The highest BCUT2D eigenvalue weighted by Gasteiger charge is 2.13. The summed E-state index contributed by atoms with van der Waals surface area (Å²) in [5.41, 5.74) is 4.21. The fourth-order valence-electron chi connectivity index (χ4n) is 2.61. The molecule has 3 nitrogen and oxygen atoms in total. The first-order valence-corrected chi connectivity index (χ1v) is 10.6. The third kappa shape index (κ3) is 4.38. The lowest BCUT2D eigenvalue weighted by Gasteiger charge is -2.03. The summed E-state index contributed by atoms with van der Waals surface area (Å²) < 4.78 is 0. The fraction of sp³-hybridized carbons (Fsp3) is 0.0952. The van der Waals surface area contributed by atoms with Crippen molar-refractivity contribution in [2.45, 2.75) is 17.8 Å². The minimum atomic E-state index is 0.725. The molecule has 4 rings (SSSR count). The van der Waals surface area contributed by atoms with E-state index in [1.807, 2.05) is 61.7 Å². The van der Waals surface area contributed by atoms with Gasteiger partial charge in [0.25, 0.3) is 0 Å². The third-order valence-corrected chi connectivity index (χ3v) is 6.38. The third-order valence-electron chi connectivity index (χ3n) is 3.96. The second kappa shape index (κ2) is 8.21. The van der Waals surface area contributed by atoms with Crippen LogP contribution in [-0.4, -0.2) is 15.0 Å². The van der Waals surface area contributed by atoms with Crippen molar-refractivity contribution >= 4 is 34.7 Å². The van der Waals surface area contributed by atoms with Gasteiger partial charge in [0, 0.05) is 22.5 Å². The van der Waals surface area contributed by atoms with Crippen LogP contribution in [-0.2, 0) is 5.75 Å². The van der Waals surface area contributed by atoms with Crippen LogP contribution in [0.5, 0.6) is 0 Å². The average Bonchev–Trinajstić information content (AvgIpc) is 3.10. The quantitative estimate of drug-likeness (QED) is 0.278. The summed E-state index contributed by atoms with van der Waals surface area (Å²) in [6.07, 6.45) is 1.82. The van der Waals surface area contributed by atoms with Gasteiger partial charge in [-0.3, -0.25) is 0 Å². The Kier molecular flexibility index (Phi) is 5.53. The normalized spacial score (nSPS) is 10.9. The van der Waals surface area contributed by atoms with Crippen molar-refractivity contribution in [1.29, 1.82) is 0 Å². The highest BCUT2D eigenvalue weighted by Crippen LogP contribution is 2.35. The van der Waals surface area contributed by atoms with Crippen LogP contribution in [0.4, 0.5) is 0 Å². The molecule has 2 heterocycles. The first-order valence-electron chi connectivity index (χ1n) is 8.42. The van der Waals surface area contributed by atoms with E-state index in [-0.39, 0.29) is 0 Å². The summed E-state index contributed by atoms with van der Waals surface area (Å²) in [7, 11) is 0. The number of nitrogens with zero attached hydrogens (tertiary/aromatic N) is 3. The number of benzene rings is 2. The Hall–Kier alpha value is -2.21. The minimum Gasteiger partial charge on any atom is -0.241 e. The van der Waals surface area contributed by atoms with E-state index >= 15 is 0 Å². The predicted molar refractivity (Wildman–Crippen MR) is 114 cm³/mol. The van der Waals surface area contributed by atoms with Gasteiger partial charge in [-0.15, -0.1) is 11.3 Å². The molecule has 27 heavy (non-hydrogen) atoms. The predicted octanol–water partition coefficient (Wildman–Crippen LogP) is 6.52. The zero-order valence-corrected chi connectivity index (χ0v) is 17.0. The van der Waals surface area contributed by atoms with Crippen LogP contribution in [0.15, 0.2) is 72.0 Å². The molecule has 0 unspecified atom stereocenters. The zero-order chi connectivity index (χ0) is 18.6. The standard InChI is InChI=1S/C21H16ClN3S2/c1-14-19(27-20(24-14)16-7-9-17(22)10-8-16)18-11-12-23-21(25-18)26-13-15-5-3-2-4-6-15/h2-12H,13H2,1H3. The maximum atomic E-state index is 5.99. The van der Waals surface area contributed by atoms with Gasteiger partial charge in [0.1, 0.15) is 5.01 Å². The topological polar surface area (TPSA) is 38.7 Å². The van der Waals surface area contributed by atoms with Crippen LogP contribution in [0, 0.1) is 6.92 Å². The second-order valence-electron chi connectivity index (χ2n) is 5.94. The van der Waals surface area contributed by atoms with E-state index in [0.717, 1.165) is 42.8 Å². The Morgan fingerprint density at radius 3 is 2.52 bits per heavy atom. The maximum absolute atomic E-state index is 5.99. The van der Waals surface area contributed by atoms with Gasteiger partial charge >= 0.3 is 0 Å². The Balaban J connectivity index is 1.57. The van der Waals surface area contributed by atoms with Crippen molar-refractivity contribution in [3.05, 3.63) is 83.1 Å². The molecule has 134 valence electrons. The molecule has 2 aromatic carbocycles. The summed E-state index contributed by atoms with van der Waals surface area (Å²) in [4.78, 5) is 14.9. The maximum Gasteiger partial charge on any atom is 0.188 e. The molecule has 0 N–H and O–H groups in total. The van der Waals surface area contributed by atoms with Crippen molar-refractivity contribution in [2.75, 3.05) is 0 Å². The monoisotopic (exact) mass is 409 g/mol. The molecule has 6 heteroatoms. The van der Waals surface area contributed by atoms with Crippen molar-refractivity contribution < 1.29 is 0 Å². The lowest BCUT2D eigenvalue weighted by molar-refractivity contribution is 0.972. The average molecular weight is 410 g/mol. The Bertz CT molecular complexity index is 1050. The van der Waals surface area contributed by atoms with Crippen LogP contribution in [0.25, 0.3) is 21.1 Å². The summed E-state index contributed by atoms with van der Waals surface area (Å²) in [6.45, 7) is 2.02. The molecule has 0 saturated carbocycles. The lowest BCUT2D eigenvalue weighted by atomic mass is 10.2. The molecule has 0 amide bonds. The smallest absolute Gasteiger partial charge is 0.188 e. The van der Waals surface area contributed by atoms with Gasteiger partial charge < -0.3 is 0 Å².